The number of hydrogen-bond acceptors (Lipinski definition) is 1. The van der Waals surface area contributed by atoms with Gasteiger partial charge >= 0.3 is 0 Å². The SMILES string of the molecule is Cc1cc(C(=O)C(C)Cl)ccc1CBr. The molecule has 1 atom stereocenters. The summed E-state index contributed by atoms with van der Waals surface area (Å²) in [5, 5.41) is 0.355. The van der Waals surface area contributed by atoms with Gasteiger partial charge in [-0.2, -0.15) is 0 Å². The van der Waals surface area contributed by atoms with Gasteiger partial charge in [0.1, 0.15) is 0 Å². The molecule has 0 saturated heterocycles. The minimum absolute atomic E-state index is 0.0177. The Hall–Kier alpha value is -0.340. The Balaban J connectivity index is 3.03. The van der Waals surface area contributed by atoms with Crippen LogP contribution in [0, 0.1) is 6.92 Å². The summed E-state index contributed by atoms with van der Waals surface area (Å²) in [6.45, 7) is 3.68. The van der Waals surface area contributed by atoms with Crippen molar-refractivity contribution in [1.82, 2.24) is 0 Å². The van der Waals surface area contributed by atoms with E-state index in [1.807, 2.05) is 25.1 Å². The fourth-order valence-electron chi connectivity index (χ4n) is 1.23. The van der Waals surface area contributed by atoms with Crippen LogP contribution in [0.2, 0.25) is 0 Å². The van der Waals surface area contributed by atoms with E-state index >= 15 is 0 Å². The van der Waals surface area contributed by atoms with Crippen LogP contribution in [-0.2, 0) is 5.33 Å². The van der Waals surface area contributed by atoms with Crippen molar-refractivity contribution in [2.45, 2.75) is 24.6 Å². The van der Waals surface area contributed by atoms with E-state index in [-0.39, 0.29) is 5.78 Å². The first-order valence-corrected chi connectivity index (χ1v) is 5.96. The Kier molecular flexibility index (Phi) is 4.14. The summed E-state index contributed by atoms with van der Waals surface area (Å²) in [6, 6.07) is 5.67. The molecule has 1 unspecified atom stereocenters. The van der Waals surface area contributed by atoms with Gasteiger partial charge in [-0.25, -0.2) is 0 Å². The van der Waals surface area contributed by atoms with Crippen molar-refractivity contribution >= 4 is 33.3 Å². The van der Waals surface area contributed by atoms with Gasteiger partial charge in [0.25, 0.3) is 0 Å². The molecule has 1 aromatic carbocycles. The summed E-state index contributed by atoms with van der Waals surface area (Å²) < 4.78 is 0. The highest BCUT2D eigenvalue weighted by Gasteiger charge is 2.12. The molecule has 0 aliphatic carbocycles. The molecule has 3 heteroatoms. The van der Waals surface area contributed by atoms with E-state index in [9.17, 15) is 4.79 Å². The molecule has 0 amide bonds. The Morgan fingerprint density at radius 1 is 1.57 bits per heavy atom. The van der Waals surface area contributed by atoms with E-state index in [1.54, 1.807) is 6.92 Å². The lowest BCUT2D eigenvalue weighted by Crippen LogP contribution is -2.10. The van der Waals surface area contributed by atoms with Crippen molar-refractivity contribution < 1.29 is 4.79 Å². The van der Waals surface area contributed by atoms with Crippen LogP contribution in [0.15, 0.2) is 18.2 Å². The molecule has 0 bridgehead atoms. The molecule has 0 radical (unpaired) electrons. The zero-order chi connectivity index (χ0) is 10.7. The molecular weight excluding hydrogens is 263 g/mol. The normalized spacial score (nSPS) is 12.6. The largest absolute Gasteiger partial charge is 0.293 e. The molecule has 0 fully saturated rings. The number of hydrogen-bond donors (Lipinski definition) is 0. The maximum Gasteiger partial charge on any atom is 0.180 e. The number of halogens is 2. The van der Waals surface area contributed by atoms with Crippen LogP contribution in [0.3, 0.4) is 0 Å². The maximum atomic E-state index is 11.6. The lowest BCUT2D eigenvalue weighted by molar-refractivity contribution is 0.0991. The van der Waals surface area contributed by atoms with E-state index in [4.69, 9.17) is 11.6 Å². The quantitative estimate of drug-likeness (QED) is 0.607. The van der Waals surface area contributed by atoms with Gasteiger partial charge in [0.05, 0.1) is 5.38 Å². The molecule has 0 aromatic heterocycles. The van der Waals surface area contributed by atoms with Gasteiger partial charge in [-0.05, 0) is 31.0 Å². The number of aryl methyl sites for hydroxylation is 1. The summed E-state index contributed by atoms with van der Waals surface area (Å²) in [7, 11) is 0. The smallest absolute Gasteiger partial charge is 0.180 e. The summed E-state index contributed by atoms with van der Waals surface area (Å²) in [6.07, 6.45) is 0. The van der Waals surface area contributed by atoms with Crippen molar-refractivity contribution in [2.24, 2.45) is 0 Å². The van der Waals surface area contributed by atoms with Crippen LogP contribution in [0.5, 0.6) is 0 Å². The molecule has 14 heavy (non-hydrogen) atoms. The highest BCUT2D eigenvalue weighted by atomic mass is 79.9. The van der Waals surface area contributed by atoms with E-state index in [1.165, 1.54) is 5.56 Å². The van der Waals surface area contributed by atoms with Gasteiger partial charge in [-0.1, -0.05) is 28.1 Å². The van der Waals surface area contributed by atoms with Gasteiger partial charge in [-0.15, -0.1) is 11.6 Å². The fraction of sp³-hybridized carbons (Fsp3) is 0.364. The summed E-state index contributed by atoms with van der Waals surface area (Å²) >= 11 is 9.12. The monoisotopic (exact) mass is 274 g/mol. The Labute approximate surface area is 97.6 Å². The molecule has 0 heterocycles. The average Bonchev–Trinajstić information content (AvgIpc) is 2.16. The highest BCUT2D eigenvalue weighted by Crippen LogP contribution is 2.16. The summed E-state index contributed by atoms with van der Waals surface area (Å²) in [5.41, 5.74) is 3.00. The summed E-state index contributed by atoms with van der Waals surface area (Å²) in [5.74, 6) is -0.0177. The predicted molar refractivity (Wildman–Crippen MR) is 63.5 cm³/mol. The van der Waals surface area contributed by atoms with Gasteiger partial charge < -0.3 is 0 Å². The first-order valence-electron chi connectivity index (χ1n) is 4.40. The zero-order valence-corrected chi connectivity index (χ0v) is 10.5. The summed E-state index contributed by atoms with van der Waals surface area (Å²) in [4.78, 5) is 11.6. The third-order valence-electron chi connectivity index (χ3n) is 2.13. The number of ketones is 1. The topological polar surface area (TPSA) is 17.1 Å². The van der Waals surface area contributed by atoms with Gasteiger partial charge in [0.15, 0.2) is 5.78 Å². The van der Waals surface area contributed by atoms with Crippen molar-refractivity contribution in [3.63, 3.8) is 0 Å². The number of carbonyl (C=O) groups is 1. The second-order valence-corrected chi connectivity index (χ2v) is 4.47. The van der Waals surface area contributed by atoms with Crippen LogP contribution in [0.1, 0.15) is 28.4 Å². The molecular formula is C11H12BrClO. The number of alkyl halides is 2. The van der Waals surface area contributed by atoms with Gasteiger partial charge in [-0.3, -0.25) is 4.79 Å². The number of benzene rings is 1. The third-order valence-corrected chi connectivity index (χ3v) is 2.93. The fourth-order valence-corrected chi connectivity index (χ4v) is 1.98. The lowest BCUT2D eigenvalue weighted by atomic mass is 10.0. The van der Waals surface area contributed by atoms with Crippen LogP contribution in [0.25, 0.3) is 0 Å². The Bertz CT molecular complexity index is 347. The van der Waals surface area contributed by atoms with Gasteiger partial charge in [0.2, 0.25) is 0 Å². The van der Waals surface area contributed by atoms with Crippen LogP contribution < -0.4 is 0 Å². The minimum atomic E-state index is -0.454. The van der Waals surface area contributed by atoms with Crippen molar-refractivity contribution in [2.75, 3.05) is 0 Å². The molecule has 1 aromatic rings. The molecule has 1 nitrogen and oxygen atoms in total. The highest BCUT2D eigenvalue weighted by molar-refractivity contribution is 9.08. The second-order valence-electron chi connectivity index (χ2n) is 3.26. The third kappa shape index (κ3) is 2.58. The second kappa shape index (κ2) is 4.94. The van der Waals surface area contributed by atoms with Crippen molar-refractivity contribution in [1.29, 1.82) is 0 Å². The predicted octanol–water partition coefficient (Wildman–Crippen LogP) is 3.70. The van der Waals surface area contributed by atoms with Gasteiger partial charge in [0, 0.05) is 10.9 Å². The standard InChI is InChI=1S/C11H12BrClO/c1-7-5-9(11(14)8(2)13)3-4-10(7)6-12/h3-5,8H,6H2,1-2H3. The van der Waals surface area contributed by atoms with Crippen LogP contribution in [0.4, 0.5) is 0 Å². The van der Waals surface area contributed by atoms with E-state index in [0.29, 0.717) is 5.56 Å². The molecule has 76 valence electrons. The molecule has 0 spiro atoms. The Morgan fingerprint density at radius 3 is 2.64 bits per heavy atom. The van der Waals surface area contributed by atoms with Crippen LogP contribution >= 0.6 is 27.5 Å². The molecule has 1 rings (SSSR count). The number of carbonyl (C=O) groups excluding carboxylic acids is 1. The van der Waals surface area contributed by atoms with E-state index in [2.05, 4.69) is 15.9 Å². The number of rotatable bonds is 3. The van der Waals surface area contributed by atoms with Crippen molar-refractivity contribution in [3.8, 4) is 0 Å². The molecule has 0 aliphatic rings. The van der Waals surface area contributed by atoms with Crippen LogP contribution in [-0.4, -0.2) is 11.2 Å². The van der Waals surface area contributed by atoms with E-state index in [0.717, 1.165) is 10.9 Å². The molecule has 0 saturated carbocycles. The molecule has 0 N–H and O–H groups in total. The van der Waals surface area contributed by atoms with Crippen molar-refractivity contribution in [3.05, 3.63) is 34.9 Å². The molecule has 0 aliphatic heterocycles. The zero-order valence-electron chi connectivity index (χ0n) is 8.18. The maximum absolute atomic E-state index is 11.6. The first-order chi connectivity index (χ1) is 6.56. The number of Topliss-reactive ketones (excluding diaryl/α,β-unsaturated/α-hetero) is 1. The minimum Gasteiger partial charge on any atom is -0.293 e. The Morgan fingerprint density at radius 2 is 2.21 bits per heavy atom. The first kappa shape index (κ1) is 11.7. The average molecular weight is 276 g/mol. The lowest BCUT2D eigenvalue weighted by Gasteiger charge is -2.06. The van der Waals surface area contributed by atoms with E-state index < -0.39 is 5.38 Å².